The zero-order valence-electron chi connectivity index (χ0n) is 40.4. The average molecular weight is 1030 g/mol. The van der Waals surface area contributed by atoms with Crippen LogP contribution in [0.1, 0.15) is 80.7 Å². The van der Waals surface area contributed by atoms with Gasteiger partial charge in [-0.25, -0.2) is 4.98 Å². The predicted molar refractivity (Wildman–Crippen MR) is 279 cm³/mol. The lowest BCUT2D eigenvalue weighted by molar-refractivity contribution is -0.135. The number of amides is 3. The maximum absolute atomic E-state index is 14.5. The van der Waals surface area contributed by atoms with E-state index in [1.165, 1.54) is 11.3 Å². The van der Waals surface area contributed by atoms with E-state index in [2.05, 4.69) is 89.7 Å². The number of carbonyl (C=O) groups excluding carboxylic acids is 3. The van der Waals surface area contributed by atoms with Crippen LogP contribution in [0.15, 0.2) is 65.3 Å². The third-order valence-corrected chi connectivity index (χ3v) is 19.9. The standard InChI is InChI=1S/C53H62BrN10O5P/c1-4-35-10-11-37-39(56-35)12-13-40(48(37)70(68)28-5-6-29-70)57-49-38(54)32-55-52(60-49)58-41-30-33(2)44(31-45(41)69-3)63-22-17-36(18-23-63)62-26-24-61(25-27-62)21-16-34-8-7-9-42-47(34)53(19-20-53)51(67)64(42)43-14-15-46(65)59-50(43)66/h7-13,30-32,36,43H,4-6,14-29H2,1-3H3,(H,59,65,66)(H2,55,57,58,60). The number of piperidine rings is 2. The first kappa shape index (κ1) is 46.9. The summed E-state index contributed by atoms with van der Waals surface area (Å²) in [5.41, 5.74) is 8.42. The van der Waals surface area contributed by atoms with Gasteiger partial charge in [0.1, 0.15) is 24.8 Å². The monoisotopic (exact) mass is 1030 g/mol. The number of hydrogen-bond acceptors (Lipinski definition) is 13. The van der Waals surface area contributed by atoms with Gasteiger partial charge in [-0.3, -0.25) is 34.5 Å². The van der Waals surface area contributed by atoms with Crippen molar-refractivity contribution >= 4 is 91.5 Å². The van der Waals surface area contributed by atoms with Crippen LogP contribution in [0.5, 0.6) is 5.75 Å². The molecule has 1 aliphatic carbocycles. The van der Waals surface area contributed by atoms with E-state index in [1.54, 1.807) is 18.2 Å². The first-order chi connectivity index (χ1) is 33.9. The molecule has 3 aromatic carbocycles. The number of anilines is 6. The molecule has 3 N–H and O–H groups in total. The summed E-state index contributed by atoms with van der Waals surface area (Å²) in [6.07, 6.45) is 11.2. The van der Waals surface area contributed by atoms with Crippen molar-refractivity contribution in [1.29, 1.82) is 0 Å². The second-order valence-corrected chi connectivity index (χ2v) is 24.1. The van der Waals surface area contributed by atoms with Crippen LogP contribution in [-0.2, 0) is 37.2 Å². The molecule has 7 heterocycles. The molecular weight excluding hydrogens is 968 g/mol. The molecule has 1 spiro atoms. The van der Waals surface area contributed by atoms with Gasteiger partial charge in [0.25, 0.3) is 0 Å². The van der Waals surface area contributed by atoms with Crippen molar-refractivity contribution in [1.82, 2.24) is 30.1 Å². The van der Waals surface area contributed by atoms with Gasteiger partial charge < -0.3 is 29.7 Å². The fourth-order valence-corrected chi connectivity index (χ4v) is 15.6. The molecule has 17 heteroatoms. The molecule has 11 rings (SSSR count). The lowest BCUT2D eigenvalue weighted by Gasteiger charge is -2.43. The molecule has 0 bridgehead atoms. The van der Waals surface area contributed by atoms with Gasteiger partial charge >= 0.3 is 0 Å². The van der Waals surface area contributed by atoms with E-state index in [9.17, 15) is 18.9 Å². The molecule has 0 radical (unpaired) electrons. The SMILES string of the molecule is CCc1ccc2c(P3(=O)CCCC3)c(Nc3nc(Nc4cc(C)c(N5CCC(N6CCN(CCc7cccc8c7C7(CC7)C(=O)N8C7CCC(=O)NC7=O)CC6)CC5)cc4OC)ncc3Br)ccc2n1. The molecule has 70 heavy (non-hydrogen) atoms. The molecule has 1 saturated carbocycles. The Bertz CT molecular complexity index is 2940. The molecule has 366 valence electrons. The van der Waals surface area contributed by atoms with E-state index in [-0.39, 0.29) is 24.1 Å². The van der Waals surface area contributed by atoms with E-state index in [0.717, 1.165) is 147 Å². The minimum Gasteiger partial charge on any atom is -0.494 e. The summed E-state index contributed by atoms with van der Waals surface area (Å²) in [6, 6.07) is 18.5. The third-order valence-electron chi connectivity index (χ3n) is 15.9. The Kier molecular flexibility index (Phi) is 12.7. The largest absolute Gasteiger partial charge is 0.494 e. The van der Waals surface area contributed by atoms with E-state index in [0.29, 0.717) is 46.8 Å². The smallest absolute Gasteiger partial charge is 0.249 e. The highest BCUT2D eigenvalue weighted by Crippen LogP contribution is 2.59. The Hall–Kier alpha value is -5.41. The highest BCUT2D eigenvalue weighted by atomic mass is 79.9. The Morgan fingerprint density at radius 2 is 1.69 bits per heavy atom. The summed E-state index contributed by atoms with van der Waals surface area (Å²) in [5, 5.41) is 11.2. The summed E-state index contributed by atoms with van der Waals surface area (Å²) in [5.74, 6) is 1.08. The number of aryl methyl sites for hydroxylation is 2. The van der Waals surface area contributed by atoms with Gasteiger partial charge in [-0.1, -0.05) is 25.1 Å². The number of halogens is 1. The summed E-state index contributed by atoms with van der Waals surface area (Å²) < 4.78 is 21.2. The number of methoxy groups -OCH3 is 1. The van der Waals surface area contributed by atoms with Gasteiger partial charge in [-0.15, -0.1) is 0 Å². The number of fused-ring (bicyclic) bond motifs is 3. The second-order valence-electron chi connectivity index (χ2n) is 20.1. The topological polar surface area (TPSA) is 165 Å². The zero-order chi connectivity index (χ0) is 48.3. The molecule has 6 aliphatic rings. The maximum atomic E-state index is 14.5. The van der Waals surface area contributed by atoms with Crippen LogP contribution in [-0.4, -0.2) is 120 Å². The number of aromatic nitrogens is 3. The number of nitrogens with one attached hydrogen (secondary N) is 3. The minimum absolute atomic E-state index is 0.0265. The van der Waals surface area contributed by atoms with Gasteiger partial charge in [-0.2, -0.15) is 4.98 Å². The first-order valence-electron chi connectivity index (χ1n) is 25.2. The lowest BCUT2D eigenvalue weighted by Crippen LogP contribution is -2.54. The third kappa shape index (κ3) is 8.66. The van der Waals surface area contributed by atoms with Gasteiger partial charge in [0.05, 0.1) is 33.9 Å². The Morgan fingerprint density at radius 1 is 0.900 bits per heavy atom. The molecule has 5 aliphatic heterocycles. The van der Waals surface area contributed by atoms with Crippen LogP contribution in [0.3, 0.4) is 0 Å². The van der Waals surface area contributed by atoms with E-state index < -0.39 is 18.6 Å². The second kappa shape index (κ2) is 19.0. The quantitative estimate of drug-likeness (QED) is 0.0770. The molecule has 15 nitrogen and oxygen atoms in total. The van der Waals surface area contributed by atoms with Crippen molar-refractivity contribution in [2.75, 3.05) is 85.7 Å². The van der Waals surface area contributed by atoms with Crippen molar-refractivity contribution in [3.05, 3.63) is 87.7 Å². The summed E-state index contributed by atoms with van der Waals surface area (Å²) in [4.78, 5) is 62.5. The van der Waals surface area contributed by atoms with E-state index >= 15 is 0 Å². The number of benzene rings is 3. The van der Waals surface area contributed by atoms with Crippen LogP contribution in [0.2, 0.25) is 0 Å². The highest BCUT2D eigenvalue weighted by molar-refractivity contribution is 9.10. The number of ether oxygens (including phenoxy) is 1. The number of pyridine rings is 1. The summed E-state index contributed by atoms with van der Waals surface area (Å²) >= 11 is 3.67. The molecular formula is C53H62BrN10O5P. The van der Waals surface area contributed by atoms with Crippen LogP contribution in [0.4, 0.5) is 34.5 Å². The Balaban J connectivity index is 0.709. The number of carbonyl (C=O) groups is 3. The fraction of sp³-hybridized carbons (Fsp3) is 0.472. The molecule has 4 saturated heterocycles. The Labute approximate surface area is 418 Å². The van der Waals surface area contributed by atoms with E-state index in [4.69, 9.17) is 14.7 Å². The van der Waals surface area contributed by atoms with Gasteiger partial charge in [0.15, 0.2) is 0 Å². The van der Waals surface area contributed by atoms with Crippen molar-refractivity contribution in [3.8, 4) is 5.75 Å². The summed E-state index contributed by atoms with van der Waals surface area (Å²) in [6.45, 7) is 11.2. The van der Waals surface area contributed by atoms with Gasteiger partial charge in [0, 0.05) is 111 Å². The van der Waals surface area contributed by atoms with Crippen LogP contribution in [0, 0.1) is 6.92 Å². The number of nitrogens with zero attached hydrogens (tertiary/aromatic N) is 7. The highest BCUT2D eigenvalue weighted by Gasteiger charge is 2.62. The molecule has 1 unspecified atom stereocenters. The number of imide groups is 1. The number of rotatable bonds is 13. The molecule has 1 atom stereocenters. The predicted octanol–water partition coefficient (Wildman–Crippen LogP) is 7.95. The first-order valence-corrected chi connectivity index (χ1v) is 28.1. The molecule has 3 amide bonds. The van der Waals surface area contributed by atoms with Crippen LogP contribution in [0.25, 0.3) is 10.9 Å². The summed E-state index contributed by atoms with van der Waals surface area (Å²) in [7, 11) is -0.946. The van der Waals surface area contributed by atoms with Crippen molar-refractivity contribution in [2.24, 2.45) is 0 Å². The van der Waals surface area contributed by atoms with Gasteiger partial charge in [0.2, 0.25) is 23.7 Å². The number of piperazine rings is 1. The van der Waals surface area contributed by atoms with Crippen LogP contribution >= 0.6 is 23.1 Å². The zero-order valence-corrected chi connectivity index (χ0v) is 42.8. The Morgan fingerprint density at radius 3 is 2.41 bits per heavy atom. The van der Waals surface area contributed by atoms with Gasteiger partial charge in [-0.05, 0) is 128 Å². The minimum atomic E-state index is -2.64. The lowest BCUT2D eigenvalue weighted by atomic mass is 9.91. The number of hydrogen-bond donors (Lipinski definition) is 3. The molecule has 5 fully saturated rings. The van der Waals surface area contributed by atoms with Crippen molar-refractivity contribution < 1.29 is 23.7 Å². The van der Waals surface area contributed by atoms with Crippen LogP contribution < -0.4 is 35.8 Å². The average Bonchev–Trinajstić information content (AvgIpc) is 3.99. The normalized spacial score (nSPS) is 21.4. The van der Waals surface area contributed by atoms with Crippen molar-refractivity contribution in [2.45, 2.75) is 95.6 Å². The molecule has 5 aromatic rings. The molecule has 2 aromatic heterocycles. The fourth-order valence-electron chi connectivity index (χ4n) is 12.0. The maximum Gasteiger partial charge on any atom is 0.249 e. The van der Waals surface area contributed by atoms with E-state index in [1.807, 2.05) is 30.3 Å². The van der Waals surface area contributed by atoms with Crippen molar-refractivity contribution in [3.63, 3.8) is 0 Å².